The fourth-order valence-electron chi connectivity index (χ4n) is 5.17. The maximum absolute atomic E-state index is 12.3. The fraction of sp³-hybridized carbons (Fsp3) is 0.679. The molecule has 3 fully saturated rings. The standard InChI is InChI=1S/C28H41NO10/c1-16(7-10-23-26(34)27(15-36-27)14-28(35,39-23)13-25(32)33)6-9-22-17(2)12-21(19(4)38-22)29-24(31)11-8-18(3)37-20(5)30/h6-8,10-11,17-19,21-23,26,34-35H,9,12-15H2,1-5H3,(H,29,31)(H,32,33)/t17-,18-,19+,21+,22-,23+,26+,27+,28?/m0/s1. The van der Waals surface area contributed by atoms with E-state index in [1.807, 2.05) is 19.9 Å². The SMILES string of the molecule is CC(=O)O[C@@H](C)C=CC(=O)N[C@@H]1C[C@H](C)[C@H](CC=C(C)C=C[C@H]2OC(O)(CC(=O)O)C[C@@]3(CO3)[C@@H]2O)O[C@@H]1C. The highest BCUT2D eigenvalue weighted by Crippen LogP contribution is 2.46. The zero-order chi connectivity index (χ0) is 29.0. The molecular weight excluding hydrogens is 510 g/mol. The van der Waals surface area contributed by atoms with E-state index in [2.05, 4.69) is 12.2 Å². The van der Waals surface area contributed by atoms with Gasteiger partial charge in [-0.2, -0.15) is 0 Å². The minimum Gasteiger partial charge on any atom is -0.481 e. The van der Waals surface area contributed by atoms with E-state index < -0.39 is 48.1 Å². The number of aliphatic hydroxyl groups is 2. The molecule has 0 aromatic rings. The van der Waals surface area contributed by atoms with Crippen LogP contribution in [0.1, 0.15) is 60.3 Å². The van der Waals surface area contributed by atoms with Crippen LogP contribution in [0.5, 0.6) is 0 Å². The first-order valence-corrected chi connectivity index (χ1v) is 13.3. The van der Waals surface area contributed by atoms with Crippen molar-refractivity contribution in [1.29, 1.82) is 0 Å². The van der Waals surface area contributed by atoms with Gasteiger partial charge >= 0.3 is 11.9 Å². The maximum Gasteiger partial charge on any atom is 0.308 e. The van der Waals surface area contributed by atoms with Gasteiger partial charge in [-0.15, -0.1) is 0 Å². The molecular formula is C28H41NO10. The summed E-state index contributed by atoms with van der Waals surface area (Å²) in [7, 11) is 0. The molecule has 0 saturated carbocycles. The highest BCUT2D eigenvalue weighted by atomic mass is 16.7. The molecule has 11 heteroatoms. The lowest BCUT2D eigenvalue weighted by Crippen LogP contribution is -2.56. The van der Waals surface area contributed by atoms with E-state index in [1.54, 1.807) is 19.1 Å². The van der Waals surface area contributed by atoms with Crippen LogP contribution in [0.4, 0.5) is 0 Å². The number of nitrogens with one attached hydrogen (secondary N) is 1. The van der Waals surface area contributed by atoms with E-state index in [-0.39, 0.29) is 43.1 Å². The molecule has 0 bridgehead atoms. The Morgan fingerprint density at radius 1 is 1.21 bits per heavy atom. The van der Waals surface area contributed by atoms with Crippen LogP contribution in [0.3, 0.4) is 0 Å². The number of epoxide rings is 1. The molecule has 39 heavy (non-hydrogen) atoms. The summed E-state index contributed by atoms with van der Waals surface area (Å²) in [5.41, 5.74) is -0.103. The molecule has 3 heterocycles. The Morgan fingerprint density at radius 3 is 2.51 bits per heavy atom. The molecule has 1 unspecified atom stereocenters. The van der Waals surface area contributed by atoms with Gasteiger partial charge in [0.15, 0.2) is 5.79 Å². The van der Waals surface area contributed by atoms with Gasteiger partial charge in [0.2, 0.25) is 5.91 Å². The molecule has 3 aliphatic heterocycles. The third-order valence-corrected chi connectivity index (χ3v) is 7.36. The van der Waals surface area contributed by atoms with Crippen molar-refractivity contribution in [2.24, 2.45) is 5.92 Å². The zero-order valence-corrected chi connectivity index (χ0v) is 23.2. The zero-order valence-electron chi connectivity index (χ0n) is 23.2. The average Bonchev–Trinajstić information content (AvgIpc) is 3.59. The van der Waals surface area contributed by atoms with Gasteiger partial charge in [0.1, 0.15) is 23.9 Å². The molecule has 3 rings (SSSR count). The number of carboxylic acids is 1. The summed E-state index contributed by atoms with van der Waals surface area (Å²) in [6.07, 6.45) is 6.23. The average molecular weight is 552 g/mol. The second-order valence-corrected chi connectivity index (χ2v) is 11.0. The lowest BCUT2D eigenvalue weighted by molar-refractivity contribution is -0.284. The molecule has 3 aliphatic rings. The smallest absolute Gasteiger partial charge is 0.308 e. The van der Waals surface area contributed by atoms with Crippen molar-refractivity contribution < 1.29 is 48.7 Å². The molecule has 0 aromatic heterocycles. The number of amides is 1. The number of carbonyl (C=O) groups excluding carboxylic acids is 2. The second-order valence-electron chi connectivity index (χ2n) is 11.0. The van der Waals surface area contributed by atoms with Crippen LogP contribution in [0.2, 0.25) is 0 Å². The summed E-state index contributed by atoms with van der Waals surface area (Å²) >= 11 is 0. The summed E-state index contributed by atoms with van der Waals surface area (Å²) < 4.78 is 22.2. The van der Waals surface area contributed by atoms with Crippen LogP contribution >= 0.6 is 0 Å². The Hall–Kier alpha value is -2.57. The largest absolute Gasteiger partial charge is 0.481 e. The van der Waals surface area contributed by atoms with E-state index in [0.717, 1.165) is 12.0 Å². The van der Waals surface area contributed by atoms with Gasteiger partial charge in [0.25, 0.3) is 0 Å². The molecule has 1 spiro atoms. The Bertz CT molecular complexity index is 1000. The lowest BCUT2D eigenvalue weighted by Gasteiger charge is -2.41. The predicted octanol–water partition coefficient (Wildman–Crippen LogP) is 1.77. The van der Waals surface area contributed by atoms with Crippen LogP contribution in [0.25, 0.3) is 0 Å². The van der Waals surface area contributed by atoms with Crippen molar-refractivity contribution in [2.45, 2.75) is 108 Å². The third-order valence-electron chi connectivity index (χ3n) is 7.36. The Balaban J connectivity index is 1.52. The lowest BCUT2D eigenvalue weighted by atomic mass is 9.85. The number of hydrogen-bond donors (Lipinski definition) is 4. The van der Waals surface area contributed by atoms with Gasteiger partial charge in [-0.1, -0.05) is 30.7 Å². The highest BCUT2D eigenvalue weighted by molar-refractivity contribution is 5.87. The first kappa shape index (κ1) is 31.0. The number of esters is 1. The van der Waals surface area contributed by atoms with Crippen LogP contribution in [0, 0.1) is 5.92 Å². The summed E-state index contributed by atoms with van der Waals surface area (Å²) in [6.45, 7) is 9.10. The predicted molar refractivity (Wildman–Crippen MR) is 139 cm³/mol. The molecule has 0 aromatic carbocycles. The molecule has 0 radical (unpaired) electrons. The molecule has 4 N–H and O–H groups in total. The van der Waals surface area contributed by atoms with Gasteiger partial charge in [-0.25, -0.2) is 0 Å². The van der Waals surface area contributed by atoms with E-state index >= 15 is 0 Å². The number of aliphatic carboxylic acids is 1. The topological polar surface area (TPSA) is 164 Å². The number of allylic oxidation sites excluding steroid dienone is 2. The third kappa shape index (κ3) is 8.71. The number of rotatable bonds is 10. The van der Waals surface area contributed by atoms with Crippen molar-refractivity contribution in [2.75, 3.05) is 6.61 Å². The number of carboxylic acid groups (broad SMARTS) is 1. The summed E-state index contributed by atoms with van der Waals surface area (Å²) in [5.74, 6) is -3.64. The summed E-state index contributed by atoms with van der Waals surface area (Å²) in [4.78, 5) is 34.5. The number of hydrogen-bond acceptors (Lipinski definition) is 9. The van der Waals surface area contributed by atoms with Gasteiger partial charge in [0, 0.05) is 19.4 Å². The van der Waals surface area contributed by atoms with E-state index in [4.69, 9.17) is 24.1 Å². The van der Waals surface area contributed by atoms with E-state index in [0.29, 0.717) is 6.42 Å². The Morgan fingerprint density at radius 2 is 1.90 bits per heavy atom. The van der Waals surface area contributed by atoms with Crippen LogP contribution in [0.15, 0.2) is 36.0 Å². The van der Waals surface area contributed by atoms with Gasteiger partial charge < -0.3 is 39.6 Å². The summed E-state index contributed by atoms with van der Waals surface area (Å²) in [5, 5.41) is 33.4. The first-order chi connectivity index (χ1) is 18.2. The molecule has 9 atom stereocenters. The van der Waals surface area contributed by atoms with Crippen LogP contribution < -0.4 is 5.32 Å². The minimum atomic E-state index is -1.92. The second kappa shape index (κ2) is 12.7. The highest BCUT2D eigenvalue weighted by Gasteiger charge is 2.62. The number of ether oxygens (including phenoxy) is 4. The maximum atomic E-state index is 12.3. The Kier molecular flexibility index (Phi) is 10.1. The van der Waals surface area contributed by atoms with Crippen molar-refractivity contribution >= 4 is 17.8 Å². The summed E-state index contributed by atoms with van der Waals surface area (Å²) in [6, 6.07) is -0.158. The van der Waals surface area contributed by atoms with Gasteiger partial charge in [-0.05, 0) is 45.6 Å². The molecule has 3 saturated heterocycles. The van der Waals surface area contributed by atoms with Crippen molar-refractivity contribution in [3.63, 3.8) is 0 Å². The van der Waals surface area contributed by atoms with E-state index in [9.17, 15) is 24.6 Å². The van der Waals surface area contributed by atoms with Gasteiger partial charge in [-0.3, -0.25) is 14.4 Å². The molecule has 218 valence electrons. The van der Waals surface area contributed by atoms with Crippen molar-refractivity contribution in [1.82, 2.24) is 5.32 Å². The van der Waals surface area contributed by atoms with Crippen molar-refractivity contribution in [3.8, 4) is 0 Å². The monoisotopic (exact) mass is 551 g/mol. The van der Waals surface area contributed by atoms with Crippen LogP contribution in [-0.2, 0) is 33.3 Å². The van der Waals surface area contributed by atoms with Crippen molar-refractivity contribution in [3.05, 3.63) is 36.0 Å². The number of aliphatic hydroxyl groups excluding tert-OH is 1. The molecule has 11 nitrogen and oxygen atoms in total. The normalized spacial score (nSPS) is 37.7. The fourth-order valence-corrected chi connectivity index (χ4v) is 5.17. The minimum absolute atomic E-state index is 0.0589. The van der Waals surface area contributed by atoms with Crippen LogP contribution in [-0.4, -0.2) is 87.7 Å². The number of carbonyl (C=O) groups is 3. The quantitative estimate of drug-likeness (QED) is 0.136. The first-order valence-electron chi connectivity index (χ1n) is 13.3. The molecule has 1 amide bonds. The van der Waals surface area contributed by atoms with Gasteiger partial charge in [0.05, 0.1) is 31.3 Å². The Labute approximate surface area is 228 Å². The van der Waals surface area contributed by atoms with E-state index in [1.165, 1.54) is 19.1 Å². The molecule has 0 aliphatic carbocycles.